The van der Waals surface area contributed by atoms with Gasteiger partial charge in [0.25, 0.3) is 0 Å². The Balaban J connectivity index is 2.20. The number of anilines is 3. The van der Waals surface area contributed by atoms with Gasteiger partial charge in [-0.1, -0.05) is 23.1 Å². The van der Waals surface area contributed by atoms with Gasteiger partial charge in [-0.3, -0.25) is 0 Å². The lowest BCUT2D eigenvalue weighted by Gasteiger charge is -2.13. The van der Waals surface area contributed by atoms with Crippen LogP contribution in [0.3, 0.4) is 0 Å². The lowest BCUT2D eigenvalue weighted by molar-refractivity contribution is 0.863. The zero-order valence-corrected chi connectivity index (χ0v) is 12.4. The number of nitrogens with two attached hydrogens (primary N) is 2. The molecule has 8 nitrogen and oxygen atoms in total. The molecular weight excluding hydrogens is 284 g/mol. The van der Waals surface area contributed by atoms with Crippen LogP contribution in [0.2, 0.25) is 0 Å². The van der Waals surface area contributed by atoms with Crippen LogP contribution in [-0.4, -0.2) is 39.2 Å². The maximum absolute atomic E-state index is 5.69. The summed E-state index contributed by atoms with van der Waals surface area (Å²) in [6.45, 7) is 1.97. The molecule has 0 aromatic carbocycles. The Kier molecular flexibility index (Phi) is 4.00. The topological polar surface area (TPSA) is 120 Å². The molecule has 19 heavy (non-hydrogen) atoms. The highest BCUT2D eigenvalue weighted by atomic mass is 32.2. The van der Waals surface area contributed by atoms with E-state index in [1.807, 2.05) is 21.0 Å². The fourth-order valence-corrected chi connectivity index (χ4v) is 3.08. The second-order valence-electron chi connectivity index (χ2n) is 3.91. The third-order valence-electron chi connectivity index (χ3n) is 2.12. The minimum atomic E-state index is -0.0173. The van der Waals surface area contributed by atoms with Crippen LogP contribution in [-0.2, 0) is 0 Å². The predicted molar refractivity (Wildman–Crippen MR) is 77.2 cm³/mol. The van der Waals surface area contributed by atoms with Crippen LogP contribution in [0, 0.1) is 0 Å². The molecule has 0 radical (unpaired) electrons. The highest BCUT2D eigenvalue weighted by molar-refractivity contribution is 8.01. The lowest BCUT2D eigenvalue weighted by atomic mass is 10.4. The van der Waals surface area contributed by atoms with Crippen molar-refractivity contribution in [3.63, 3.8) is 0 Å². The summed E-state index contributed by atoms with van der Waals surface area (Å²) in [4.78, 5) is 14.3. The molecular formula is C9H14N8S2. The molecule has 0 aliphatic carbocycles. The fourth-order valence-electron chi connectivity index (χ4n) is 1.25. The van der Waals surface area contributed by atoms with Crippen molar-refractivity contribution in [3.8, 4) is 0 Å². The number of nitrogens with zero attached hydrogens (tertiary/aromatic N) is 6. The summed E-state index contributed by atoms with van der Waals surface area (Å²) in [6, 6.07) is 0. The van der Waals surface area contributed by atoms with E-state index in [4.69, 9.17) is 11.5 Å². The third kappa shape index (κ3) is 3.41. The van der Waals surface area contributed by atoms with Gasteiger partial charge in [0.15, 0.2) is 4.34 Å². The predicted octanol–water partition coefficient (Wildman–Crippen LogP) is 0.807. The number of hydrogen-bond acceptors (Lipinski definition) is 10. The molecule has 0 bridgehead atoms. The summed E-state index contributed by atoms with van der Waals surface area (Å²) in [5, 5.41) is 8.15. The average Bonchev–Trinajstić information content (AvgIpc) is 2.73. The molecule has 1 atom stereocenters. The summed E-state index contributed by atoms with van der Waals surface area (Å²) >= 11 is 2.82. The first-order chi connectivity index (χ1) is 8.95. The number of thioether (sulfide) groups is 1. The summed E-state index contributed by atoms with van der Waals surface area (Å²) in [7, 11) is 3.70. The SMILES string of the molecule is CC(Sc1nnc(N)s1)c1nc(N)nc(N(C)C)n1. The van der Waals surface area contributed by atoms with Crippen LogP contribution < -0.4 is 16.4 Å². The molecule has 102 valence electrons. The van der Waals surface area contributed by atoms with Gasteiger partial charge in [-0.2, -0.15) is 15.0 Å². The van der Waals surface area contributed by atoms with E-state index in [0.29, 0.717) is 16.9 Å². The van der Waals surface area contributed by atoms with Gasteiger partial charge in [-0.05, 0) is 6.92 Å². The van der Waals surface area contributed by atoms with E-state index in [2.05, 4.69) is 25.1 Å². The molecule has 0 aliphatic rings. The minimum absolute atomic E-state index is 0.0173. The normalized spacial score (nSPS) is 12.4. The summed E-state index contributed by atoms with van der Waals surface area (Å²) in [5.74, 6) is 1.35. The Morgan fingerprint density at radius 2 is 1.89 bits per heavy atom. The van der Waals surface area contributed by atoms with Gasteiger partial charge < -0.3 is 16.4 Å². The van der Waals surface area contributed by atoms with E-state index < -0.39 is 0 Å². The summed E-state index contributed by atoms with van der Waals surface area (Å²) in [5.41, 5.74) is 11.2. The van der Waals surface area contributed by atoms with Crippen LogP contribution in [0.4, 0.5) is 17.0 Å². The second kappa shape index (κ2) is 5.53. The molecule has 0 spiro atoms. The molecule has 4 N–H and O–H groups in total. The maximum Gasteiger partial charge on any atom is 0.229 e. The van der Waals surface area contributed by atoms with Crippen molar-refractivity contribution in [2.45, 2.75) is 16.5 Å². The van der Waals surface area contributed by atoms with Crippen LogP contribution in [0.25, 0.3) is 0 Å². The third-order valence-corrected chi connectivity index (χ3v) is 4.05. The van der Waals surface area contributed by atoms with Crippen LogP contribution in [0.15, 0.2) is 4.34 Å². The highest BCUT2D eigenvalue weighted by Crippen LogP contribution is 2.35. The van der Waals surface area contributed by atoms with Gasteiger partial charge in [0.1, 0.15) is 5.82 Å². The number of rotatable bonds is 4. The smallest absolute Gasteiger partial charge is 0.229 e. The number of nitrogen functional groups attached to an aromatic ring is 2. The molecule has 0 aliphatic heterocycles. The lowest BCUT2D eigenvalue weighted by Crippen LogP contribution is -2.16. The average molecular weight is 298 g/mol. The van der Waals surface area contributed by atoms with Crippen LogP contribution in [0.1, 0.15) is 18.0 Å². The molecule has 1 unspecified atom stereocenters. The Bertz CT molecular complexity index is 569. The first-order valence-electron chi connectivity index (χ1n) is 5.40. The van der Waals surface area contributed by atoms with E-state index in [1.54, 1.807) is 4.90 Å². The molecule has 0 saturated heterocycles. The van der Waals surface area contributed by atoms with Crippen molar-refractivity contribution in [2.24, 2.45) is 0 Å². The molecule has 2 heterocycles. The second-order valence-corrected chi connectivity index (χ2v) is 6.51. The molecule has 0 amide bonds. The van der Waals surface area contributed by atoms with E-state index >= 15 is 0 Å². The van der Waals surface area contributed by atoms with Crippen molar-refractivity contribution in [3.05, 3.63) is 5.82 Å². The minimum Gasteiger partial charge on any atom is -0.374 e. The van der Waals surface area contributed by atoms with Gasteiger partial charge in [0, 0.05) is 14.1 Å². The molecule has 2 aromatic rings. The fraction of sp³-hybridized carbons (Fsp3) is 0.444. The number of aromatic nitrogens is 5. The first-order valence-corrected chi connectivity index (χ1v) is 7.09. The maximum atomic E-state index is 5.69. The van der Waals surface area contributed by atoms with Crippen molar-refractivity contribution >= 4 is 40.1 Å². The van der Waals surface area contributed by atoms with Crippen LogP contribution in [0.5, 0.6) is 0 Å². The molecule has 10 heteroatoms. The van der Waals surface area contributed by atoms with Crippen molar-refractivity contribution < 1.29 is 0 Å². The van der Waals surface area contributed by atoms with Gasteiger partial charge in [-0.15, -0.1) is 10.2 Å². The zero-order valence-electron chi connectivity index (χ0n) is 10.7. The van der Waals surface area contributed by atoms with Gasteiger partial charge >= 0.3 is 0 Å². The largest absolute Gasteiger partial charge is 0.374 e. The van der Waals surface area contributed by atoms with Crippen molar-refractivity contribution in [1.82, 2.24) is 25.1 Å². The molecule has 2 aromatic heterocycles. The van der Waals surface area contributed by atoms with Crippen LogP contribution >= 0.6 is 23.1 Å². The Morgan fingerprint density at radius 3 is 2.47 bits per heavy atom. The van der Waals surface area contributed by atoms with Crippen molar-refractivity contribution in [2.75, 3.05) is 30.5 Å². The molecule has 0 fully saturated rings. The highest BCUT2D eigenvalue weighted by Gasteiger charge is 2.16. The van der Waals surface area contributed by atoms with E-state index in [-0.39, 0.29) is 11.2 Å². The monoisotopic (exact) mass is 298 g/mol. The van der Waals surface area contributed by atoms with E-state index in [0.717, 1.165) is 4.34 Å². The Morgan fingerprint density at radius 1 is 1.16 bits per heavy atom. The molecule has 0 saturated carbocycles. The quantitative estimate of drug-likeness (QED) is 0.790. The summed E-state index contributed by atoms with van der Waals surface area (Å²) in [6.07, 6.45) is 0. The molecule has 2 rings (SSSR count). The van der Waals surface area contributed by atoms with Gasteiger partial charge in [0.2, 0.25) is 17.0 Å². The standard InChI is InChI=1S/C9H14N8S2/c1-4(18-9-16-15-7(11)19-9)5-12-6(10)14-8(13-5)17(2)3/h4H,1-3H3,(H2,11,15)(H2,10,12,13,14). The van der Waals surface area contributed by atoms with E-state index in [9.17, 15) is 0 Å². The zero-order chi connectivity index (χ0) is 14.0. The van der Waals surface area contributed by atoms with Gasteiger partial charge in [-0.25, -0.2) is 0 Å². The van der Waals surface area contributed by atoms with E-state index in [1.165, 1.54) is 23.1 Å². The number of hydrogen-bond donors (Lipinski definition) is 2. The Labute approximate surface area is 118 Å². The summed E-state index contributed by atoms with van der Waals surface area (Å²) < 4.78 is 0.774. The van der Waals surface area contributed by atoms with Gasteiger partial charge in [0.05, 0.1) is 5.25 Å². The van der Waals surface area contributed by atoms with Crippen molar-refractivity contribution in [1.29, 1.82) is 0 Å². The first kappa shape index (κ1) is 13.7. The Hall–Kier alpha value is -1.68.